The van der Waals surface area contributed by atoms with Gasteiger partial charge in [0.1, 0.15) is 0 Å². The Kier molecular flexibility index (Phi) is 3.46. The minimum Gasteiger partial charge on any atom is -0.323 e. The minimum atomic E-state index is -0.237. The summed E-state index contributed by atoms with van der Waals surface area (Å²) in [6.45, 7) is 6.12. The van der Waals surface area contributed by atoms with E-state index in [1.807, 2.05) is 19.1 Å². The molecule has 0 atom stereocenters. The zero-order valence-electron chi connectivity index (χ0n) is 10.4. The average molecular weight is 244 g/mol. The topological polar surface area (TPSA) is 49.4 Å². The fraction of sp³-hybridized carbons (Fsp3) is 0.286. The Balaban J connectivity index is 2.22. The van der Waals surface area contributed by atoms with Crippen molar-refractivity contribution in [2.75, 3.05) is 16.8 Å². The normalized spacial score (nSPS) is 14.7. The van der Waals surface area contributed by atoms with E-state index in [0.29, 0.717) is 12.1 Å². The number of hydrogen-bond donors (Lipinski definition) is 1. The molecule has 94 valence electrons. The van der Waals surface area contributed by atoms with Crippen molar-refractivity contribution < 1.29 is 9.59 Å². The molecule has 0 radical (unpaired) electrons. The number of anilines is 2. The lowest BCUT2D eigenvalue weighted by molar-refractivity contribution is -0.117. The predicted octanol–water partition coefficient (Wildman–Crippen LogP) is 2.25. The Morgan fingerprint density at radius 3 is 2.83 bits per heavy atom. The Labute approximate surface area is 106 Å². The summed E-state index contributed by atoms with van der Waals surface area (Å²) >= 11 is 0. The zero-order chi connectivity index (χ0) is 13.1. The first-order valence-corrected chi connectivity index (χ1v) is 5.96. The highest BCUT2D eigenvalue weighted by molar-refractivity contribution is 6.00. The summed E-state index contributed by atoms with van der Waals surface area (Å²) in [5, 5.41) is 2.70. The first-order chi connectivity index (χ1) is 8.61. The summed E-state index contributed by atoms with van der Waals surface area (Å²) in [7, 11) is 0. The van der Waals surface area contributed by atoms with Crippen LogP contribution in [0.1, 0.15) is 18.4 Å². The smallest absolute Gasteiger partial charge is 0.247 e. The Hall–Kier alpha value is -2.10. The molecule has 1 heterocycles. The van der Waals surface area contributed by atoms with Crippen LogP contribution in [-0.4, -0.2) is 18.4 Å². The molecule has 1 saturated heterocycles. The van der Waals surface area contributed by atoms with Crippen molar-refractivity contribution in [3.8, 4) is 0 Å². The molecule has 18 heavy (non-hydrogen) atoms. The van der Waals surface area contributed by atoms with Gasteiger partial charge in [0, 0.05) is 24.3 Å². The molecule has 0 aromatic heterocycles. The molecule has 1 aromatic carbocycles. The molecule has 1 aliphatic heterocycles. The second-order valence-electron chi connectivity index (χ2n) is 4.34. The third-order valence-corrected chi connectivity index (χ3v) is 3.01. The van der Waals surface area contributed by atoms with Crippen LogP contribution in [0, 0.1) is 6.92 Å². The van der Waals surface area contributed by atoms with Crippen LogP contribution < -0.4 is 10.2 Å². The van der Waals surface area contributed by atoms with Crippen LogP contribution in [0.2, 0.25) is 0 Å². The van der Waals surface area contributed by atoms with Gasteiger partial charge in [-0.2, -0.15) is 0 Å². The molecule has 1 fully saturated rings. The fourth-order valence-electron chi connectivity index (χ4n) is 2.13. The Bertz CT molecular complexity index is 509. The number of nitrogens with one attached hydrogen (secondary N) is 1. The second kappa shape index (κ2) is 5.04. The van der Waals surface area contributed by atoms with E-state index in [2.05, 4.69) is 11.9 Å². The number of carbonyl (C=O) groups is 2. The van der Waals surface area contributed by atoms with Crippen molar-refractivity contribution in [2.24, 2.45) is 0 Å². The first kappa shape index (κ1) is 12.4. The van der Waals surface area contributed by atoms with E-state index in [9.17, 15) is 9.59 Å². The summed E-state index contributed by atoms with van der Waals surface area (Å²) in [5.41, 5.74) is 2.62. The maximum Gasteiger partial charge on any atom is 0.247 e. The molecular weight excluding hydrogens is 228 g/mol. The molecule has 1 aliphatic rings. The van der Waals surface area contributed by atoms with E-state index in [1.165, 1.54) is 6.08 Å². The Morgan fingerprint density at radius 2 is 2.28 bits per heavy atom. The third kappa shape index (κ3) is 2.42. The third-order valence-electron chi connectivity index (χ3n) is 3.01. The molecule has 0 unspecified atom stereocenters. The van der Waals surface area contributed by atoms with E-state index in [0.717, 1.165) is 24.2 Å². The van der Waals surface area contributed by atoms with Crippen molar-refractivity contribution >= 4 is 23.2 Å². The molecule has 4 heteroatoms. The SMILES string of the molecule is C=CC(=O)Nc1ccc(N2CCCC2=O)c(C)c1. The van der Waals surface area contributed by atoms with E-state index in [4.69, 9.17) is 0 Å². The molecule has 2 amide bonds. The second-order valence-corrected chi connectivity index (χ2v) is 4.34. The van der Waals surface area contributed by atoms with Gasteiger partial charge in [0.2, 0.25) is 11.8 Å². The highest BCUT2D eigenvalue weighted by Crippen LogP contribution is 2.27. The van der Waals surface area contributed by atoms with Crippen LogP contribution in [0.5, 0.6) is 0 Å². The lowest BCUT2D eigenvalue weighted by Crippen LogP contribution is -2.24. The maximum absolute atomic E-state index is 11.7. The van der Waals surface area contributed by atoms with Crippen molar-refractivity contribution in [2.45, 2.75) is 19.8 Å². The number of benzene rings is 1. The number of hydrogen-bond acceptors (Lipinski definition) is 2. The molecule has 2 rings (SSSR count). The summed E-state index contributed by atoms with van der Waals surface area (Å²) in [4.78, 5) is 24.7. The van der Waals surface area contributed by atoms with Gasteiger partial charge in [0.15, 0.2) is 0 Å². The van der Waals surface area contributed by atoms with E-state index < -0.39 is 0 Å². The van der Waals surface area contributed by atoms with Crippen molar-refractivity contribution in [1.82, 2.24) is 0 Å². The largest absolute Gasteiger partial charge is 0.323 e. The maximum atomic E-state index is 11.7. The van der Waals surface area contributed by atoms with Gasteiger partial charge < -0.3 is 10.2 Å². The Morgan fingerprint density at radius 1 is 1.50 bits per heavy atom. The van der Waals surface area contributed by atoms with Gasteiger partial charge in [-0.3, -0.25) is 9.59 Å². The van der Waals surface area contributed by atoms with Gasteiger partial charge in [0.05, 0.1) is 0 Å². The minimum absolute atomic E-state index is 0.168. The fourth-order valence-corrected chi connectivity index (χ4v) is 2.13. The molecule has 4 nitrogen and oxygen atoms in total. The van der Waals surface area contributed by atoms with Crippen molar-refractivity contribution in [1.29, 1.82) is 0 Å². The van der Waals surface area contributed by atoms with Crippen LogP contribution in [0.3, 0.4) is 0 Å². The van der Waals surface area contributed by atoms with Gasteiger partial charge in [-0.1, -0.05) is 6.58 Å². The van der Waals surface area contributed by atoms with E-state index in [1.54, 1.807) is 11.0 Å². The predicted molar refractivity (Wildman–Crippen MR) is 71.6 cm³/mol. The lowest BCUT2D eigenvalue weighted by Gasteiger charge is -2.19. The monoisotopic (exact) mass is 244 g/mol. The molecule has 1 aromatic rings. The van der Waals surface area contributed by atoms with Gasteiger partial charge in [0.25, 0.3) is 0 Å². The molecule has 1 N–H and O–H groups in total. The highest BCUT2D eigenvalue weighted by atomic mass is 16.2. The van der Waals surface area contributed by atoms with Crippen LogP contribution in [0.25, 0.3) is 0 Å². The summed E-state index contributed by atoms with van der Waals surface area (Å²) in [6, 6.07) is 5.54. The quantitative estimate of drug-likeness (QED) is 0.829. The van der Waals surface area contributed by atoms with Crippen LogP contribution in [-0.2, 0) is 9.59 Å². The number of amides is 2. The highest BCUT2D eigenvalue weighted by Gasteiger charge is 2.22. The molecule has 0 bridgehead atoms. The van der Waals surface area contributed by atoms with E-state index in [-0.39, 0.29) is 11.8 Å². The van der Waals surface area contributed by atoms with Gasteiger partial charge in [-0.25, -0.2) is 0 Å². The number of carbonyl (C=O) groups excluding carboxylic acids is 2. The van der Waals surface area contributed by atoms with Crippen LogP contribution in [0.15, 0.2) is 30.9 Å². The zero-order valence-corrected chi connectivity index (χ0v) is 10.4. The van der Waals surface area contributed by atoms with Gasteiger partial charge >= 0.3 is 0 Å². The molecule has 0 spiro atoms. The van der Waals surface area contributed by atoms with Crippen molar-refractivity contribution in [3.63, 3.8) is 0 Å². The molecule has 0 saturated carbocycles. The first-order valence-electron chi connectivity index (χ1n) is 5.96. The summed E-state index contributed by atoms with van der Waals surface area (Å²) in [6.07, 6.45) is 2.76. The standard InChI is InChI=1S/C14H16N2O2/c1-3-13(17)15-11-6-7-12(10(2)9-11)16-8-4-5-14(16)18/h3,6-7,9H,1,4-5,8H2,2H3,(H,15,17). The van der Waals surface area contributed by atoms with Crippen LogP contribution >= 0.6 is 0 Å². The van der Waals surface area contributed by atoms with Gasteiger partial charge in [-0.15, -0.1) is 0 Å². The van der Waals surface area contributed by atoms with E-state index >= 15 is 0 Å². The van der Waals surface area contributed by atoms with Crippen molar-refractivity contribution in [3.05, 3.63) is 36.4 Å². The lowest BCUT2D eigenvalue weighted by atomic mass is 10.1. The number of nitrogens with zero attached hydrogens (tertiary/aromatic N) is 1. The number of aryl methyl sites for hydroxylation is 1. The molecule has 0 aliphatic carbocycles. The van der Waals surface area contributed by atoms with Crippen LogP contribution in [0.4, 0.5) is 11.4 Å². The summed E-state index contributed by atoms with van der Waals surface area (Å²) < 4.78 is 0. The summed E-state index contributed by atoms with van der Waals surface area (Å²) in [5.74, 6) is -0.0691. The van der Waals surface area contributed by atoms with Gasteiger partial charge in [-0.05, 0) is 43.2 Å². The average Bonchev–Trinajstić information content (AvgIpc) is 2.75. The number of rotatable bonds is 3. The molecular formula is C14H16N2O2.